The van der Waals surface area contributed by atoms with Crippen molar-refractivity contribution in [3.8, 4) is 0 Å². The number of aliphatic hydroxyl groups excluding tert-OH is 1. The van der Waals surface area contributed by atoms with Crippen LogP contribution in [0.25, 0.3) is 0 Å². The zero-order chi connectivity index (χ0) is 6.91. The Morgan fingerprint density at radius 1 is 1.56 bits per heavy atom. The van der Waals surface area contributed by atoms with Gasteiger partial charge < -0.3 is 15.3 Å². The van der Waals surface area contributed by atoms with Gasteiger partial charge in [-0.1, -0.05) is 5.73 Å². The van der Waals surface area contributed by atoms with Crippen LogP contribution in [0.5, 0.6) is 0 Å². The first-order valence-corrected chi connectivity index (χ1v) is 2.47. The number of aliphatic hydroxyl groups is 3. The minimum absolute atomic E-state index is 0.0359. The smallest absolute Gasteiger partial charge is 0.235 e. The first-order valence-electron chi connectivity index (χ1n) is 2.47. The summed E-state index contributed by atoms with van der Waals surface area (Å²) >= 11 is 0. The third-order valence-corrected chi connectivity index (χ3v) is 1.06. The molecule has 3 N–H and O–H groups in total. The van der Waals surface area contributed by atoms with E-state index in [1.54, 1.807) is 0 Å². The number of hydrogen-bond acceptors (Lipinski definition) is 3. The third kappa shape index (κ3) is 1.04. The third-order valence-electron chi connectivity index (χ3n) is 1.06. The summed E-state index contributed by atoms with van der Waals surface area (Å²) in [4.78, 5) is 0. The van der Waals surface area contributed by atoms with E-state index in [9.17, 15) is 0 Å². The predicted molar refractivity (Wildman–Crippen MR) is 29.5 cm³/mol. The Hall–Kier alpha value is -0.980. The minimum Gasteiger partial charge on any atom is -0.500 e. The molecule has 1 aliphatic rings. The van der Waals surface area contributed by atoms with Gasteiger partial charge >= 0.3 is 0 Å². The largest absolute Gasteiger partial charge is 0.500 e. The van der Waals surface area contributed by atoms with Gasteiger partial charge in [0, 0.05) is 6.42 Å². The van der Waals surface area contributed by atoms with Crippen molar-refractivity contribution in [3.63, 3.8) is 0 Å². The van der Waals surface area contributed by atoms with Crippen molar-refractivity contribution >= 4 is 0 Å². The van der Waals surface area contributed by atoms with Crippen molar-refractivity contribution in [2.45, 2.75) is 12.2 Å². The maximum Gasteiger partial charge on any atom is 0.235 e. The van der Waals surface area contributed by atoms with Gasteiger partial charge in [-0.2, -0.15) is 0 Å². The van der Waals surface area contributed by atoms with Crippen LogP contribution in [0.2, 0.25) is 0 Å². The normalized spacial score (nSPS) is 21.8. The molecular formula is C6H6O3. The maximum absolute atomic E-state index is 8.78. The lowest BCUT2D eigenvalue weighted by Crippen LogP contribution is -2.30. The van der Waals surface area contributed by atoms with Crippen molar-refractivity contribution in [1.82, 2.24) is 0 Å². The van der Waals surface area contributed by atoms with Crippen LogP contribution in [0, 0.1) is 0 Å². The molecule has 0 radical (unpaired) electrons. The molecule has 1 aliphatic carbocycles. The van der Waals surface area contributed by atoms with Gasteiger partial charge in [0.15, 0.2) is 0 Å². The summed E-state index contributed by atoms with van der Waals surface area (Å²) in [5.74, 6) is -2.70. The summed E-state index contributed by atoms with van der Waals surface area (Å²) in [7, 11) is 0. The van der Waals surface area contributed by atoms with Crippen LogP contribution in [0.3, 0.4) is 0 Å². The first-order chi connectivity index (χ1) is 4.13. The highest BCUT2D eigenvalue weighted by atomic mass is 16.5. The fourth-order valence-electron chi connectivity index (χ4n) is 0.510. The average Bonchev–Trinajstić information content (AvgIpc) is 1.77. The van der Waals surface area contributed by atoms with Gasteiger partial charge in [0.25, 0.3) is 0 Å². The topological polar surface area (TPSA) is 60.7 Å². The standard InChI is InChI=1S/C6H6O3/c7-5-3-1-2-4-6(5,8)9/h2,7-9H,4H2. The predicted octanol–water partition coefficient (Wildman–Crippen LogP) is -0.177. The van der Waals surface area contributed by atoms with Crippen molar-refractivity contribution in [3.05, 3.63) is 23.3 Å². The Kier molecular flexibility index (Phi) is 1.20. The molecule has 0 aromatic rings. The van der Waals surface area contributed by atoms with E-state index in [2.05, 4.69) is 11.5 Å². The second-order valence-corrected chi connectivity index (χ2v) is 1.84. The molecule has 48 valence electrons. The van der Waals surface area contributed by atoms with Gasteiger partial charge in [0.05, 0.1) is 0 Å². The summed E-state index contributed by atoms with van der Waals surface area (Å²) in [5.41, 5.74) is 4.55. The monoisotopic (exact) mass is 126 g/mol. The van der Waals surface area contributed by atoms with E-state index in [1.807, 2.05) is 0 Å². The van der Waals surface area contributed by atoms with Crippen LogP contribution in [-0.4, -0.2) is 21.1 Å². The van der Waals surface area contributed by atoms with Crippen molar-refractivity contribution in [1.29, 1.82) is 0 Å². The summed E-state index contributed by atoms with van der Waals surface area (Å²) < 4.78 is 0. The fourth-order valence-corrected chi connectivity index (χ4v) is 0.510. The molecule has 3 heteroatoms. The van der Waals surface area contributed by atoms with E-state index in [4.69, 9.17) is 15.3 Å². The van der Waals surface area contributed by atoms with E-state index >= 15 is 0 Å². The highest BCUT2D eigenvalue weighted by molar-refractivity contribution is 5.09. The molecular weight excluding hydrogens is 120 g/mol. The van der Waals surface area contributed by atoms with Gasteiger partial charge in [0.2, 0.25) is 11.5 Å². The van der Waals surface area contributed by atoms with Crippen LogP contribution in [-0.2, 0) is 0 Å². The summed E-state index contributed by atoms with van der Waals surface area (Å²) in [6.07, 6.45) is 1.35. The Bertz CT molecular complexity index is 214. The van der Waals surface area contributed by atoms with Crippen molar-refractivity contribution < 1.29 is 15.3 Å². The molecule has 0 saturated carbocycles. The average molecular weight is 126 g/mol. The fraction of sp³-hybridized carbons (Fsp3) is 0.333. The van der Waals surface area contributed by atoms with E-state index in [0.29, 0.717) is 0 Å². The van der Waals surface area contributed by atoms with E-state index < -0.39 is 11.5 Å². The van der Waals surface area contributed by atoms with E-state index in [-0.39, 0.29) is 6.42 Å². The summed E-state index contributed by atoms with van der Waals surface area (Å²) in [6.45, 7) is 0. The number of hydrogen-bond donors (Lipinski definition) is 3. The second-order valence-electron chi connectivity index (χ2n) is 1.84. The lowest BCUT2D eigenvalue weighted by Gasteiger charge is -2.17. The van der Waals surface area contributed by atoms with Crippen molar-refractivity contribution in [2.24, 2.45) is 0 Å². The highest BCUT2D eigenvalue weighted by Crippen LogP contribution is 2.16. The molecule has 0 saturated heterocycles. The lowest BCUT2D eigenvalue weighted by molar-refractivity contribution is -0.148. The summed E-state index contributed by atoms with van der Waals surface area (Å²) in [5, 5.41) is 26.2. The van der Waals surface area contributed by atoms with Crippen LogP contribution < -0.4 is 0 Å². The molecule has 0 aliphatic heterocycles. The van der Waals surface area contributed by atoms with Gasteiger partial charge in [0.1, 0.15) is 0 Å². The van der Waals surface area contributed by atoms with Gasteiger partial charge in [-0.15, -0.1) is 0 Å². The molecule has 1 rings (SSSR count). The molecule has 0 aromatic heterocycles. The maximum atomic E-state index is 8.78. The molecule has 0 atom stereocenters. The van der Waals surface area contributed by atoms with E-state index in [0.717, 1.165) is 0 Å². The Morgan fingerprint density at radius 3 is 2.56 bits per heavy atom. The number of rotatable bonds is 0. The van der Waals surface area contributed by atoms with Gasteiger partial charge in [-0.25, -0.2) is 0 Å². The van der Waals surface area contributed by atoms with Crippen molar-refractivity contribution in [2.75, 3.05) is 0 Å². The second kappa shape index (κ2) is 1.76. The Labute approximate surface area is 51.9 Å². The first kappa shape index (κ1) is 6.14. The molecule has 0 fully saturated rings. The minimum atomic E-state index is -2.12. The quantitative estimate of drug-likeness (QED) is 0.312. The molecule has 9 heavy (non-hydrogen) atoms. The Balaban J connectivity index is 3.06. The zero-order valence-corrected chi connectivity index (χ0v) is 4.63. The molecule has 0 heterocycles. The SMILES string of the molecule is OC1=C=C=CCC1(O)O. The molecule has 0 bridgehead atoms. The summed E-state index contributed by atoms with van der Waals surface area (Å²) in [6, 6.07) is 0. The zero-order valence-electron chi connectivity index (χ0n) is 4.63. The van der Waals surface area contributed by atoms with Crippen LogP contribution in [0.4, 0.5) is 0 Å². The lowest BCUT2D eigenvalue weighted by atomic mass is 10.1. The Morgan fingerprint density at radius 2 is 2.22 bits per heavy atom. The van der Waals surface area contributed by atoms with Gasteiger partial charge in [-0.3, -0.25) is 0 Å². The highest BCUT2D eigenvalue weighted by Gasteiger charge is 2.28. The van der Waals surface area contributed by atoms with Crippen LogP contribution >= 0.6 is 0 Å². The van der Waals surface area contributed by atoms with Crippen LogP contribution in [0.1, 0.15) is 6.42 Å². The molecule has 0 amide bonds. The van der Waals surface area contributed by atoms with E-state index in [1.165, 1.54) is 6.08 Å². The molecule has 0 unspecified atom stereocenters. The molecule has 0 aromatic carbocycles. The van der Waals surface area contributed by atoms with Gasteiger partial charge in [-0.05, 0) is 11.8 Å². The molecule has 3 nitrogen and oxygen atoms in total. The van der Waals surface area contributed by atoms with Crippen LogP contribution in [0.15, 0.2) is 23.3 Å². The molecule has 0 spiro atoms.